The van der Waals surface area contributed by atoms with E-state index in [1.807, 2.05) is 12.1 Å². The minimum Gasteiger partial charge on any atom is -0.447 e. The molecule has 4 unspecified atom stereocenters. The zero-order valence-electron chi connectivity index (χ0n) is 13.4. The molecule has 4 rings (SSSR count). The average Bonchev–Trinajstić information content (AvgIpc) is 2.60. The number of hydrogen-bond donors (Lipinski definition) is 1. The molecule has 1 aromatic carbocycles. The molecule has 1 aromatic rings. The topological polar surface area (TPSA) is 114 Å². The van der Waals surface area contributed by atoms with Crippen LogP contribution in [0.2, 0.25) is 0 Å². The highest BCUT2D eigenvalue weighted by atomic mass is 16.7. The van der Waals surface area contributed by atoms with Gasteiger partial charge in [-0.2, -0.15) is 15.8 Å². The Morgan fingerprint density at radius 3 is 2.25 bits per heavy atom. The van der Waals surface area contributed by atoms with Gasteiger partial charge in [-0.25, -0.2) is 0 Å². The van der Waals surface area contributed by atoms with Crippen LogP contribution in [0.3, 0.4) is 0 Å². The first-order valence-electron chi connectivity index (χ1n) is 7.70. The largest absolute Gasteiger partial charge is 0.447 e. The lowest BCUT2D eigenvalue weighted by atomic mass is 9.50. The van der Waals surface area contributed by atoms with Gasteiger partial charge >= 0.3 is 0 Å². The smallest absolute Gasteiger partial charge is 0.219 e. The predicted octanol–water partition coefficient (Wildman–Crippen LogP) is 2.85. The van der Waals surface area contributed by atoms with Gasteiger partial charge in [-0.15, -0.1) is 0 Å². The van der Waals surface area contributed by atoms with Gasteiger partial charge in [0.25, 0.3) is 0 Å². The van der Waals surface area contributed by atoms with Crippen LogP contribution in [0.15, 0.2) is 30.3 Å². The van der Waals surface area contributed by atoms with Crippen LogP contribution >= 0.6 is 0 Å². The van der Waals surface area contributed by atoms with Crippen molar-refractivity contribution in [3.63, 3.8) is 0 Å². The summed E-state index contributed by atoms with van der Waals surface area (Å²) in [7, 11) is 0. The van der Waals surface area contributed by atoms with Gasteiger partial charge in [-0.3, -0.25) is 5.41 Å². The standard InChI is InChI=1S/C18H16N4O2/c1-3-13-18(11-21)15(22)24-16(2,23-13)14(17(18,9-19)10-20)12-7-5-4-6-8-12/h4-8,13-14,22H,3H2,1-2H3. The first-order chi connectivity index (χ1) is 11.5. The van der Waals surface area contributed by atoms with Crippen LogP contribution in [0.4, 0.5) is 0 Å². The fourth-order valence-corrected chi connectivity index (χ4v) is 4.13. The van der Waals surface area contributed by atoms with E-state index in [1.165, 1.54) is 0 Å². The maximum atomic E-state index is 10.0. The Hall–Kier alpha value is -2.88. The summed E-state index contributed by atoms with van der Waals surface area (Å²) in [6, 6.07) is 15.2. The van der Waals surface area contributed by atoms with E-state index in [1.54, 1.807) is 38.1 Å². The van der Waals surface area contributed by atoms with Crippen molar-refractivity contribution >= 4 is 5.90 Å². The van der Waals surface area contributed by atoms with Crippen molar-refractivity contribution in [2.75, 3.05) is 0 Å². The van der Waals surface area contributed by atoms with E-state index in [-0.39, 0.29) is 5.90 Å². The molecule has 0 aliphatic carbocycles. The van der Waals surface area contributed by atoms with Crippen LogP contribution in [0.25, 0.3) is 0 Å². The molecule has 3 saturated heterocycles. The van der Waals surface area contributed by atoms with Crippen LogP contribution in [0, 0.1) is 50.2 Å². The molecule has 0 aromatic heterocycles. The summed E-state index contributed by atoms with van der Waals surface area (Å²) < 4.78 is 11.7. The third kappa shape index (κ3) is 1.58. The molecule has 6 heteroatoms. The summed E-state index contributed by atoms with van der Waals surface area (Å²) >= 11 is 0. The normalized spacial score (nSPS) is 36.0. The lowest BCUT2D eigenvalue weighted by molar-refractivity contribution is -0.319. The Morgan fingerprint density at radius 2 is 1.75 bits per heavy atom. The van der Waals surface area contributed by atoms with Crippen LogP contribution < -0.4 is 0 Å². The molecule has 24 heavy (non-hydrogen) atoms. The van der Waals surface area contributed by atoms with E-state index >= 15 is 0 Å². The van der Waals surface area contributed by atoms with E-state index in [2.05, 4.69) is 12.1 Å². The highest BCUT2D eigenvalue weighted by Crippen LogP contribution is 2.65. The van der Waals surface area contributed by atoms with Gasteiger partial charge < -0.3 is 9.47 Å². The highest BCUT2D eigenvalue weighted by Gasteiger charge is 2.78. The highest BCUT2D eigenvalue weighted by molar-refractivity contribution is 5.89. The SMILES string of the molecule is CCC1OC2(C)OC(=N)C1(C#N)C(C#N)(C#N)C2c1ccccc1. The molecule has 1 N–H and O–H groups in total. The van der Waals surface area contributed by atoms with Crippen LogP contribution in [0.1, 0.15) is 31.7 Å². The molecule has 3 aliphatic rings. The number of benzene rings is 1. The number of ether oxygens (including phenoxy) is 2. The van der Waals surface area contributed by atoms with Crippen LogP contribution in [-0.2, 0) is 9.47 Å². The Balaban J connectivity index is 2.37. The van der Waals surface area contributed by atoms with Gasteiger partial charge in [-0.05, 0) is 12.0 Å². The first kappa shape index (κ1) is 16.0. The molecule has 4 atom stereocenters. The van der Waals surface area contributed by atoms with Crippen LogP contribution in [0.5, 0.6) is 0 Å². The Labute approximate surface area is 140 Å². The van der Waals surface area contributed by atoms with E-state index in [9.17, 15) is 15.8 Å². The molecule has 0 spiro atoms. The van der Waals surface area contributed by atoms with Gasteiger partial charge in [-0.1, -0.05) is 37.3 Å². The number of fused-ring (bicyclic) bond motifs is 3. The molecule has 120 valence electrons. The summed E-state index contributed by atoms with van der Waals surface area (Å²) in [5.74, 6) is -2.53. The molecule has 3 heterocycles. The van der Waals surface area contributed by atoms with Gasteiger partial charge in [0.2, 0.25) is 11.7 Å². The second-order valence-corrected chi connectivity index (χ2v) is 6.26. The van der Waals surface area contributed by atoms with Gasteiger partial charge in [0, 0.05) is 6.92 Å². The number of hydrogen-bond acceptors (Lipinski definition) is 6. The summed E-state index contributed by atoms with van der Waals surface area (Å²) in [4.78, 5) is 0. The van der Waals surface area contributed by atoms with E-state index in [0.717, 1.165) is 0 Å². The van der Waals surface area contributed by atoms with Crippen molar-refractivity contribution in [3.8, 4) is 18.2 Å². The summed E-state index contributed by atoms with van der Waals surface area (Å²) in [6.07, 6.45) is -0.366. The average molecular weight is 320 g/mol. The Morgan fingerprint density at radius 1 is 1.12 bits per heavy atom. The van der Waals surface area contributed by atoms with Crippen molar-refractivity contribution < 1.29 is 9.47 Å². The maximum Gasteiger partial charge on any atom is 0.219 e. The molecule has 2 bridgehead atoms. The lowest BCUT2D eigenvalue weighted by Crippen LogP contribution is -2.73. The van der Waals surface area contributed by atoms with Crippen molar-refractivity contribution in [1.29, 1.82) is 21.2 Å². The monoisotopic (exact) mass is 320 g/mol. The molecule has 3 aliphatic heterocycles. The summed E-state index contributed by atoms with van der Waals surface area (Å²) in [5, 5.41) is 38.2. The molecule has 6 nitrogen and oxygen atoms in total. The minimum atomic E-state index is -1.77. The lowest BCUT2D eigenvalue weighted by Gasteiger charge is -2.61. The second-order valence-electron chi connectivity index (χ2n) is 6.26. The molecule has 0 radical (unpaired) electrons. The number of rotatable bonds is 2. The number of nitrogens with one attached hydrogen (secondary N) is 1. The van der Waals surface area contributed by atoms with E-state index in [0.29, 0.717) is 12.0 Å². The number of nitriles is 3. The minimum absolute atomic E-state index is 0.360. The predicted molar refractivity (Wildman–Crippen MR) is 83.3 cm³/mol. The van der Waals surface area contributed by atoms with Gasteiger partial charge in [0.15, 0.2) is 10.8 Å². The van der Waals surface area contributed by atoms with Gasteiger partial charge in [0.1, 0.15) is 0 Å². The summed E-state index contributed by atoms with van der Waals surface area (Å²) in [5.41, 5.74) is -2.86. The molecular weight excluding hydrogens is 304 g/mol. The van der Waals surface area contributed by atoms with Crippen LogP contribution in [-0.4, -0.2) is 17.8 Å². The molecule has 3 fully saturated rings. The van der Waals surface area contributed by atoms with Crippen molar-refractivity contribution in [1.82, 2.24) is 0 Å². The maximum absolute atomic E-state index is 10.0. The number of nitrogens with zero attached hydrogens (tertiary/aromatic N) is 3. The summed E-state index contributed by atoms with van der Waals surface area (Å²) in [6.45, 7) is 3.43. The third-order valence-electron chi connectivity index (χ3n) is 5.13. The molecular formula is C18H16N4O2. The zero-order valence-corrected chi connectivity index (χ0v) is 13.4. The fraction of sp³-hybridized carbons (Fsp3) is 0.444. The Bertz CT molecular complexity index is 802. The molecule has 0 saturated carbocycles. The molecule has 0 amide bonds. The van der Waals surface area contributed by atoms with E-state index < -0.39 is 28.6 Å². The second kappa shape index (κ2) is 5.06. The van der Waals surface area contributed by atoms with Crippen molar-refractivity contribution in [2.45, 2.75) is 38.1 Å². The zero-order chi connectivity index (χ0) is 17.6. The van der Waals surface area contributed by atoms with Gasteiger partial charge in [0.05, 0.1) is 30.2 Å². The fourth-order valence-electron chi connectivity index (χ4n) is 4.13. The first-order valence-corrected chi connectivity index (χ1v) is 7.70. The van der Waals surface area contributed by atoms with Crippen molar-refractivity contribution in [3.05, 3.63) is 35.9 Å². The third-order valence-corrected chi connectivity index (χ3v) is 5.13. The quantitative estimate of drug-likeness (QED) is 0.900. The van der Waals surface area contributed by atoms with E-state index in [4.69, 9.17) is 14.9 Å². The van der Waals surface area contributed by atoms with Crippen molar-refractivity contribution in [2.24, 2.45) is 10.8 Å². The Kier molecular flexibility index (Phi) is 3.37.